The third-order valence-electron chi connectivity index (χ3n) is 12.6. The van der Waals surface area contributed by atoms with Crippen LogP contribution >= 0.6 is 0 Å². The van der Waals surface area contributed by atoms with Crippen molar-refractivity contribution in [3.8, 4) is 67.0 Å². The number of aromatic nitrogens is 2. The minimum absolute atomic E-state index is 1.16. The van der Waals surface area contributed by atoms with Crippen LogP contribution in [0.3, 0.4) is 0 Å². The van der Waals surface area contributed by atoms with Crippen LogP contribution in [-0.4, -0.2) is 9.13 Å². The lowest BCUT2D eigenvalue weighted by molar-refractivity contribution is 1.18. The molecule has 2 heteroatoms. The lowest BCUT2D eigenvalue weighted by Gasteiger charge is -2.16. The summed E-state index contributed by atoms with van der Waals surface area (Å²) >= 11 is 0. The van der Waals surface area contributed by atoms with E-state index in [0.717, 1.165) is 11.4 Å². The van der Waals surface area contributed by atoms with Crippen molar-refractivity contribution in [1.82, 2.24) is 9.13 Å². The molecule has 0 radical (unpaired) electrons. The molecule has 0 saturated carbocycles. The molecule has 10 aromatic carbocycles. The zero-order valence-electron chi connectivity index (χ0n) is 34.0. The number of hydrogen-bond donors (Lipinski definition) is 0. The van der Waals surface area contributed by atoms with Crippen molar-refractivity contribution in [2.45, 2.75) is 0 Å². The third-order valence-corrected chi connectivity index (χ3v) is 12.6. The number of rotatable bonds is 7. The summed E-state index contributed by atoms with van der Waals surface area (Å²) in [6.07, 6.45) is 0. The first kappa shape index (κ1) is 35.7. The van der Waals surface area contributed by atoms with E-state index in [4.69, 9.17) is 0 Å². The summed E-state index contributed by atoms with van der Waals surface area (Å²) < 4.78 is 4.77. The monoisotopic (exact) mass is 788 g/mol. The second kappa shape index (κ2) is 14.8. The summed E-state index contributed by atoms with van der Waals surface area (Å²) in [6, 6.07) is 88.3. The maximum Gasteiger partial charge on any atom is 0.0541 e. The van der Waals surface area contributed by atoms with Gasteiger partial charge in [0.05, 0.1) is 22.1 Å². The van der Waals surface area contributed by atoms with Crippen molar-refractivity contribution in [3.05, 3.63) is 243 Å². The van der Waals surface area contributed by atoms with E-state index in [-0.39, 0.29) is 0 Å². The summed E-state index contributed by atoms with van der Waals surface area (Å²) in [4.78, 5) is 0. The van der Waals surface area contributed by atoms with Crippen LogP contribution in [-0.2, 0) is 0 Å². The normalized spacial score (nSPS) is 11.5. The average molecular weight is 789 g/mol. The van der Waals surface area contributed by atoms with Gasteiger partial charge in [-0.05, 0) is 104 Å². The van der Waals surface area contributed by atoms with E-state index in [0.29, 0.717) is 0 Å². The SMILES string of the molecule is c1cc(-c2ccc(-c3ccccc3-c3ccccc3-c3ccc(-c4cccc(-n5c6ccccc6c6ccccc65)c4)cc3)cc2)cc(-n2c3ccccc3c3ccccc32)c1. The molecule has 0 aliphatic rings. The molecular formula is C60H40N2. The van der Waals surface area contributed by atoms with E-state index in [2.05, 4.69) is 252 Å². The highest BCUT2D eigenvalue weighted by Gasteiger charge is 2.16. The van der Waals surface area contributed by atoms with Crippen molar-refractivity contribution in [2.75, 3.05) is 0 Å². The average Bonchev–Trinajstić information content (AvgIpc) is 3.87. The van der Waals surface area contributed by atoms with Gasteiger partial charge in [0, 0.05) is 32.9 Å². The second-order valence-electron chi connectivity index (χ2n) is 16.1. The molecule has 2 heterocycles. The Hall–Kier alpha value is -8.20. The molecule has 290 valence electrons. The summed E-state index contributed by atoms with van der Waals surface area (Å²) in [5, 5.41) is 5.08. The Morgan fingerprint density at radius 1 is 0.194 bits per heavy atom. The molecule has 0 atom stereocenters. The maximum atomic E-state index is 2.38. The molecule has 0 amide bonds. The minimum atomic E-state index is 1.16. The molecule has 2 nitrogen and oxygen atoms in total. The van der Waals surface area contributed by atoms with Crippen LogP contribution in [0.1, 0.15) is 0 Å². The van der Waals surface area contributed by atoms with Gasteiger partial charge < -0.3 is 9.13 Å². The lowest BCUT2D eigenvalue weighted by Crippen LogP contribution is -1.94. The first-order chi connectivity index (χ1) is 30.8. The van der Waals surface area contributed by atoms with Crippen molar-refractivity contribution in [2.24, 2.45) is 0 Å². The number of benzene rings is 10. The molecule has 0 saturated heterocycles. The van der Waals surface area contributed by atoms with Crippen LogP contribution in [0.5, 0.6) is 0 Å². The van der Waals surface area contributed by atoms with E-state index >= 15 is 0 Å². The predicted molar refractivity (Wildman–Crippen MR) is 262 cm³/mol. The highest BCUT2D eigenvalue weighted by atomic mass is 15.0. The van der Waals surface area contributed by atoms with Gasteiger partial charge in [-0.2, -0.15) is 0 Å². The molecule has 12 rings (SSSR count). The van der Waals surface area contributed by atoms with Crippen molar-refractivity contribution in [3.63, 3.8) is 0 Å². The van der Waals surface area contributed by atoms with Crippen LogP contribution in [0.2, 0.25) is 0 Å². The number of fused-ring (bicyclic) bond motifs is 6. The molecular weight excluding hydrogens is 749 g/mol. The maximum absolute atomic E-state index is 2.38. The van der Waals surface area contributed by atoms with Crippen LogP contribution in [0.15, 0.2) is 243 Å². The van der Waals surface area contributed by atoms with Gasteiger partial charge in [0.25, 0.3) is 0 Å². The fraction of sp³-hybridized carbons (Fsp3) is 0. The Labute approximate surface area is 360 Å². The van der Waals surface area contributed by atoms with Crippen molar-refractivity contribution < 1.29 is 0 Å². The fourth-order valence-electron chi connectivity index (χ4n) is 9.67. The first-order valence-electron chi connectivity index (χ1n) is 21.3. The summed E-state index contributed by atoms with van der Waals surface area (Å²) in [5.74, 6) is 0. The second-order valence-corrected chi connectivity index (χ2v) is 16.1. The molecule has 0 bridgehead atoms. The van der Waals surface area contributed by atoms with Gasteiger partial charge in [0.1, 0.15) is 0 Å². The van der Waals surface area contributed by atoms with Gasteiger partial charge in [-0.1, -0.05) is 194 Å². The fourth-order valence-corrected chi connectivity index (χ4v) is 9.67. The first-order valence-corrected chi connectivity index (χ1v) is 21.3. The Balaban J connectivity index is 0.858. The Kier molecular flexibility index (Phi) is 8.53. The molecule has 0 unspecified atom stereocenters. The summed E-state index contributed by atoms with van der Waals surface area (Å²) in [6.45, 7) is 0. The van der Waals surface area contributed by atoms with Crippen LogP contribution in [0, 0.1) is 0 Å². The van der Waals surface area contributed by atoms with Gasteiger partial charge >= 0.3 is 0 Å². The molecule has 0 fully saturated rings. The topological polar surface area (TPSA) is 9.86 Å². The summed E-state index contributed by atoms with van der Waals surface area (Å²) in [5.41, 5.74) is 19.2. The molecule has 0 N–H and O–H groups in total. The van der Waals surface area contributed by atoms with E-state index < -0.39 is 0 Å². The largest absolute Gasteiger partial charge is 0.309 e. The van der Waals surface area contributed by atoms with Crippen LogP contribution < -0.4 is 0 Å². The van der Waals surface area contributed by atoms with Gasteiger partial charge in [0.15, 0.2) is 0 Å². The molecule has 0 spiro atoms. The number of para-hydroxylation sites is 4. The van der Waals surface area contributed by atoms with Gasteiger partial charge in [-0.15, -0.1) is 0 Å². The van der Waals surface area contributed by atoms with Crippen LogP contribution in [0.4, 0.5) is 0 Å². The Morgan fingerprint density at radius 3 is 0.839 bits per heavy atom. The highest BCUT2D eigenvalue weighted by molar-refractivity contribution is 6.10. The quantitative estimate of drug-likeness (QED) is 0.152. The Bertz CT molecular complexity index is 3270. The molecule has 62 heavy (non-hydrogen) atoms. The van der Waals surface area contributed by atoms with Crippen molar-refractivity contribution in [1.29, 1.82) is 0 Å². The predicted octanol–water partition coefficient (Wildman–Crippen LogP) is 16.2. The van der Waals surface area contributed by atoms with E-state index in [1.165, 1.54) is 99.2 Å². The molecule has 12 aromatic rings. The van der Waals surface area contributed by atoms with Gasteiger partial charge in [-0.25, -0.2) is 0 Å². The zero-order chi connectivity index (χ0) is 41.0. The summed E-state index contributed by atoms with van der Waals surface area (Å²) in [7, 11) is 0. The van der Waals surface area contributed by atoms with Gasteiger partial charge in [0.2, 0.25) is 0 Å². The highest BCUT2D eigenvalue weighted by Crippen LogP contribution is 2.40. The Morgan fingerprint density at radius 2 is 0.484 bits per heavy atom. The lowest BCUT2D eigenvalue weighted by atomic mass is 9.88. The zero-order valence-corrected chi connectivity index (χ0v) is 34.0. The molecule has 0 aliphatic heterocycles. The molecule has 2 aromatic heterocycles. The van der Waals surface area contributed by atoms with E-state index in [1.54, 1.807) is 0 Å². The van der Waals surface area contributed by atoms with Crippen molar-refractivity contribution >= 4 is 43.6 Å². The van der Waals surface area contributed by atoms with E-state index in [9.17, 15) is 0 Å². The van der Waals surface area contributed by atoms with E-state index in [1.807, 2.05) is 0 Å². The smallest absolute Gasteiger partial charge is 0.0541 e. The number of nitrogens with zero attached hydrogens (tertiary/aromatic N) is 2. The molecule has 0 aliphatic carbocycles. The number of hydrogen-bond acceptors (Lipinski definition) is 0. The van der Waals surface area contributed by atoms with Crippen LogP contribution in [0.25, 0.3) is 111 Å². The minimum Gasteiger partial charge on any atom is -0.309 e. The van der Waals surface area contributed by atoms with Gasteiger partial charge in [-0.3, -0.25) is 0 Å². The standard InChI is InChI=1S/C60H40N2/c1-3-21-51(49(19-1)43-35-31-41(32-36-43)45-15-13-17-47(39-45)61-57-27-9-5-23-53(57)54-24-6-10-28-58(54)61)52-22-4-2-20-50(52)44-37-33-42(34-38-44)46-16-14-18-48(40-46)62-59-29-11-7-25-55(59)56-26-8-12-30-60(56)62/h1-40H. The third kappa shape index (κ3) is 5.96.